The van der Waals surface area contributed by atoms with Gasteiger partial charge in [0.1, 0.15) is 0 Å². The summed E-state index contributed by atoms with van der Waals surface area (Å²) in [7, 11) is 3.90. The van der Waals surface area contributed by atoms with E-state index in [1.54, 1.807) is 0 Å². The Kier molecular flexibility index (Phi) is 6.50. The molecular weight excluding hydrogens is 190 g/mol. The zero-order chi connectivity index (χ0) is 11.8. The molecule has 0 aromatic carbocycles. The molecule has 0 atom stereocenters. The molecule has 0 aliphatic rings. The standard InChI is InChI=1S/C12H21NO2/c1-6-11(12(14)15-7-2)8-10(3)9-13(4)5/h8-9H,6-7H2,1-5H3/b10-9+,11-8-. The number of carbonyl (C=O) groups is 1. The minimum atomic E-state index is -0.216. The van der Waals surface area contributed by atoms with Crippen molar-refractivity contribution in [3.8, 4) is 0 Å². The molecule has 0 fully saturated rings. The van der Waals surface area contributed by atoms with Gasteiger partial charge in [0, 0.05) is 25.9 Å². The monoisotopic (exact) mass is 211 g/mol. The van der Waals surface area contributed by atoms with Crippen LogP contribution in [0.3, 0.4) is 0 Å². The highest BCUT2D eigenvalue weighted by Crippen LogP contribution is 2.08. The molecule has 0 amide bonds. The number of hydrogen-bond donors (Lipinski definition) is 0. The maximum Gasteiger partial charge on any atom is 0.333 e. The fourth-order valence-corrected chi connectivity index (χ4v) is 1.25. The van der Waals surface area contributed by atoms with Crippen molar-refractivity contribution >= 4 is 5.97 Å². The molecule has 0 aromatic heterocycles. The Hall–Kier alpha value is -1.25. The Morgan fingerprint density at radius 1 is 1.33 bits per heavy atom. The normalized spacial score (nSPS) is 12.6. The number of allylic oxidation sites excluding steroid dienone is 2. The Balaban J connectivity index is 4.65. The van der Waals surface area contributed by atoms with Crippen LogP contribution in [0, 0.1) is 0 Å². The van der Waals surface area contributed by atoms with Crippen molar-refractivity contribution in [2.75, 3.05) is 20.7 Å². The zero-order valence-corrected chi connectivity index (χ0v) is 10.3. The van der Waals surface area contributed by atoms with E-state index in [-0.39, 0.29) is 5.97 Å². The second-order valence-corrected chi connectivity index (χ2v) is 3.58. The van der Waals surface area contributed by atoms with E-state index in [2.05, 4.69) is 0 Å². The second-order valence-electron chi connectivity index (χ2n) is 3.58. The van der Waals surface area contributed by atoms with Crippen LogP contribution in [0.1, 0.15) is 27.2 Å². The van der Waals surface area contributed by atoms with Gasteiger partial charge < -0.3 is 9.64 Å². The average Bonchev–Trinajstić information content (AvgIpc) is 2.13. The van der Waals surface area contributed by atoms with E-state index in [0.717, 1.165) is 5.57 Å². The number of carbonyl (C=O) groups excluding carboxylic acids is 1. The molecule has 0 aromatic rings. The summed E-state index contributed by atoms with van der Waals surface area (Å²) >= 11 is 0. The number of rotatable bonds is 5. The third kappa shape index (κ3) is 5.94. The molecule has 0 saturated heterocycles. The summed E-state index contributed by atoms with van der Waals surface area (Å²) in [5, 5.41) is 0. The van der Waals surface area contributed by atoms with Crippen LogP contribution in [0.15, 0.2) is 23.4 Å². The average molecular weight is 211 g/mol. The van der Waals surface area contributed by atoms with Gasteiger partial charge in [-0.2, -0.15) is 0 Å². The molecule has 0 saturated carbocycles. The van der Waals surface area contributed by atoms with Gasteiger partial charge in [-0.3, -0.25) is 0 Å². The van der Waals surface area contributed by atoms with Gasteiger partial charge in [0.15, 0.2) is 0 Å². The first kappa shape index (κ1) is 13.8. The Labute approximate surface area is 92.4 Å². The third-order valence-corrected chi connectivity index (χ3v) is 1.78. The van der Waals surface area contributed by atoms with Gasteiger partial charge in [-0.1, -0.05) is 6.92 Å². The van der Waals surface area contributed by atoms with Gasteiger partial charge in [0.05, 0.1) is 6.61 Å². The highest BCUT2D eigenvalue weighted by molar-refractivity contribution is 5.88. The molecular formula is C12H21NO2. The Bertz CT molecular complexity index is 265. The summed E-state index contributed by atoms with van der Waals surface area (Å²) in [5.41, 5.74) is 1.76. The quantitative estimate of drug-likeness (QED) is 0.397. The van der Waals surface area contributed by atoms with Crippen LogP contribution in [0.25, 0.3) is 0 Å². The van der Waals surface area contributed by atoms with Crippen LogP contribution < -0.4 is 0 Å². The van der Waals surface area contributed by atoms with Crippen molar-refractivity contribution in [2.24, 2.45) is 0 Å². The molecule has 0 spiro atoms. The lowest BCUT2D eigenvalue weighted by Crippen LogP contribution is -2.07. The first-order valence-corrected chi connectivity index (χ1v) is 5.23. The summed E-state index contributed by atoms with van der Waals surface area (Å²) < 4.78 is 4.95. The van der Waals surface area contributed by atoms with Crippen molar-refractivity contribution < 1.29 is 9.53 Å². The van der Waals surface area contributed by atoms with Crippen LogP contribution >= 0.6 is 0 Å². The SMILES string of the molecule is CCOC(=O)/C(=C\C(C)=C\N(C)C)CC. The lowest BCUT2D eigenvalue weighted by atomic mass is 10.1. The number of esters is 1. The summed E-state index contributed by atoms with van der Waals surface area (Å²) in [6.07, 6.45) is 4.53. The lowest BCUT2D eigenvalue weighted by Gasteiger charge is -2.07. The Morgan fingerprint density at radius 3 is 2.33 bits per heavy atom. The van der Waals surface area contributed by atoms with E-state index < -0.39 is 0 Å². The minimum absolute atomic E-state index is 0.216. The Morgan fingerprint density at radius 2 is 1.93 bits per heavy atom. The van der Waals surface area contributed by atoms with Crippen molar-refractivity contribution in [3.63, 3.8) is 0 Å². The largest absolute Gasteiger partial charge is 0.463 e. The fourth-order valence-electron chi connectivity index (χ4n) is 1.25. The van der Waals surface area contributed by atoms with Gasteiger partial charge in [-0.05, 0) is 31.9 Å². The smallest absolute Gasteiger partial charge is 0.333 e. The maximum atomic E-state index is 11.5. The van der Waals surface area contributed by atoms with Gasteiger partial charge in [0.2, 0.25) is 0 Å². The van der Waals surface area contributed by atoms with Gasteiger partial charge in [-0.25, -0.2) is 4.79 Å². The topological polar surface area (TPSA) is 29.5 Å². The van der Waals surface area contributed by atoms with Gasteiger partial charge in [-0.15, -0.1) is 0 Å². The molecule has 0 unspecified atom stereocenters. The van der Waals surface area contributed by atoms with Crippen molar-refractivity contribution in [1.29, 1.82) is 0 Å². The van der Waals surface area contributed by atoms with E-state index in [0.29, 0.717) is 18.6 Å². The zero-order valence-electron chi connectivity index (χ0n) is 10.3. The predicted molar refractivity (Wildman–Crippen MR) is 62.5 cm³/mol. The summed E-state index contributed by atoms with van der Waals surface area (Å²) in [6, 6.07) is 0. The van der Waals surface area contributed by atoms with E-state index in [4.69, 9.17) is 4.74 Å². The van der Waals surface area contributed by atoms with Crippen molar-refractivity contribution in [3.05, 3.63) is 23.4 Å². The molecule has 0 aliphatic carbocycles. The van der Waals surface area contributed by atoms with Crippen molar-refractivity contribution in [1.82, 2.24) is 4.90 Å². The predicted octanol–water partition coefficient (Wildman–Crippen LogP) is 2.35. The van der Waals surface area contributed by atoms with Crippen molar-refractivity contribution in [2.45, 2.75) is 27.2 Å². The first-order chi connectivity index (χ1) is 7.01. The van der Waals surface area contributed by atoms with E-state index in [1.165, 1.54) is 0 Å². The summed E-state index contributed by atoms with van der Waals surface area (Å²) in [5.74, 6) is -0.216. The number of nitrogens with zero attached hydrogens (tertiary/aromatic N) is 1. The molecule has 0 heterocycles. The molecule has 15 heavy (non-hydrogen) atoms. The maximum absolute atomic E-state index is 11.5. The highest BCUT2D eigenvalue weighted by atomic mass is 16.5. The molecule has 0 aliphatic heterocycles. The summed E-state index contributed by atoms with van der Waals surface area (Å²) in [4.78, 5) is 13.4. The van der Waals surface area contributed by atoms with Crippen LogP contribution in [-0.2, 0) is 9.53 Å². The van der Waals surface area contributed by atoms with Crippen LogP contribution in [0.4, 0.5) is 0 Å². The molecule has 0 N–H and O–H groups in total. The molecule has 86 valence electrons. The third-order valence-electron chi connectivity index (χ3n) is 1.78. The molecule has 0 radical (unpaired) electrons. The first-order valence-electron chi connectivity index (χ1n) is 5.23. The highest BCUT2D eigenvalue weighted by Gasteiger charge is 2.07. The molecule has 3 heteroatoms. The number of ether oxygens (including phenoxy) is 1. The van der Waals surface area contributed by atoms with Crippen LogP contribution in [0.2, 0.25) is 0 Å². The molecule has 0 bridgehead atoms. The van der Waals surface area contributed by atoms with E-state index >= 15 is 0 Å². The van der Waals surface area contributed by atoms with Gasteiger partial charge in [0.25, 0.3) is 0 Å². The fraction of sp³-hybridized carbons (Fsp3) is 0.583. The minimum Gasteiger partial charge on any atom is -0.463 e. The van der Waals surface area contributed by atoms with E-state index in [9.17, 15) is 4.79 Å². The number of hydrogen-bond acceptors (Lipinski definition) is 3. The van der Waals surface area contributed by atoms with E-state index in [1.807, 2.05) is 52.0 Å². The van der Waals surface area contributed by atoms with Crippen LogP contribution in [0.5, 0.6) is 0 Å². The molecule has 0 rings (SSSR count). The van der Waals surface area contributed by atoms with Gasteiger partial charge >= 0.3 is 5.97 Å². The second kappa shape index (κ2) is 7.10. The summed E-state index contributed by atoms with van der Waals surface area (Å²) in [6.45, 7) is 6.15. The lowest BCUT2D eigenvalue weighted by molar-refractivity contribution is -0.138. The molecule has 3 nitrogen and oxygen atoms in total. The van der Waals surface area contributed by atoms with Crippen LogP contribution in [-0.4, -0.2) is 31.6 Å².